The van der Waals surface area contributed by atoms with Crippen LogP contribution in [0.4, 0.5) is 0 Å². The fourth-order valence-electron chi connectivity index (χ4n) is 8.94. The van der Waals surface area contributed by atoms with E-state index in [2.05, 4.69) is 0 Å². The second-order valence-corrected chi connectivity index (χ2v) is 14.6. The maximum atomic E-state index is 14.3. The van der Waals surface area contributed by atoms with Gasteiger partial charge in [-0.2, -0.15) is 0 Å². The van der Waals surface area contributed by atoms with Crippen molar-refractivity contribution in [3.05, 3.63) is 23.5 Å². The molecule has 2 fully saturated rings. The Labute approximate surface area is 236 Å². The van der Waals surface area contributed by atoms with Gasteiger partial charge in [0.1, 0.15) is 22.8 Å². The van der Waals surface area contributed by atoms with E-state index in [1.165, 1.54) is 19.9 Å². The number of carbonyl (C=O) groups excluding carboxylic acids is 5. The zero-order chi connectivity index (χ0) is 30.4. The van der Waals surface area contributed by atoms with Crippen LogP contribution in [0.2, 0.25) is 0 Å². The molecule has 7 atom stereocenters. The topological polar surface area (TPSA) is 135 Å². The van der Waals surface area contributed by atoms with Crippen LogP contribution in [0.15, 0.2) is 23.5 Å². The molecule has 0 aromatic heterocycles. The highest BCUT2D eigenvalue weighted by Crippen LogP contribution is 2.73. The van der Waals surface area contributed by atoms with Crippen LogP contribution < -0.4 is 0 Å². The van der Waals surface area contributed by atoms with Gasteiger partial charge in [-0.05, 0) is 70.3 Å². The highest BCUT2D eigenvalue weighted by Gasteiger charge is 2.74. The van der Waals surface area contributed by atoms with E-state index in [1.54, 1.807) is 27.7 Å². The number of Topliss-reactive ketones (excluding diaryl/α,β-unsaturated/α-hetero) is 4. The first kappa shape index (κ1) is 30.4. The van der Waals surface area contributed by atoms with Crippen molar-refractivity contribution < 1.29 is 38.9 Å². The van der Waals surface area contributed by atoms with Crippen molar-refractivity contribution in [2.24, 2.45) is 39.4 Å². The predicted octanol–water partition coefficient (Wildman–Crippen LogP) is 4.62. The Balaban J connectivity index is 1.73. The molecule has 8 heteroatoms. The number of ketones is 4. The van der Waals surface area contributed by atoms with Crippen LogP contribution in [0.3, 0.4) is 0 Å². The molecule has 4 aliphatic rings. The first-order valence-electron chi connectivity index (χ1n) is 14.2. The van der Waals surface area contributed by atoms with Crippen LogP contribution >= 0.6 is 0 Å². The number of hydrogen-bond donors (Lipinski definition) is 2. The standard InChI is InChI=1S/C32H44O8/c1-17(33)40-27(2,3)13-12-23(36)32(9,39)25-21(35)15-29(6)22-11-10-18-19(14-20(34)26(38)28(18,4)5)31(22,8)24(37)16-30(25,29)7/h10,14,19,22,25,34,39H,11-13,15-16H2,1-9H3/t19-,22+,25+,29+,30-,31+,32+/m1/s1. The molecule has 0 bridgehead atoms. The molecule has 0 spiro atoms. The van der Waals surface area contributed by atoms with Crippen molar-refractivity contribution in [2.75, 3.05) is 0 Å². The number of aliphatic hydroxyl groups is 2. The molecule has 0 aromatic rings. The third-order valence-electron chi connectivity index (χ3n) is 11.3. The quantitative estimate of drug-likeness (QED) is 0.357. The smallest absolute Gasteiger partial charge is 0.303 e. The molecule has 0 aromatic carbocycles. The molecule has 40 heavy (non-hydrogen) atoms. The molecule has 2 N–H and O–H groups in total. The maximum Gasteiger partial charge on any atom is 0.303 e. The van der Waals surface area contributed by atoms with Crippen LogP contribution in [-0.2, 0) is 28.7 Å². The molecule has 0 saturated heterocycles. The number of rotatable bonds is 6. The van der Waals surface area contributed by atoms with Crippen LogP contribution in [0, 0.1) is 39.4 Å². The van der Waals surface area contributed by atoms with E-state index in [0.29, 0.717) is 6.42 Å². The van der Waals surface area contributed by atoms with Crippen molar-refractivity contribution in [1.29, 1.82) is 0 Å². The number of ether oxygens (including phenoxy) is 1. The lowest BCUT2D eigenvalue weighted by atomic mass is 9.39. The molecule has 4 aliphatic carbocycles. The van der Waals surface area contributed by atoms with Gasteiger partial charge in [0.15, 0.2) is 11.5 Å². The highest BCUT2D eigenvalue weighted by molar-refractivity contribution is 6.03. The summed E-state index contributed by atoms with van der Waals surface area (Å²) in [5.74, 6) is -3.94. The van der Waals surface area contributed by atoms with Gasteiger partial charge in [0, 0.05) is 37.5 Å². The predicted molar refractivity (Wildman–Crippen MR) is 147 cm³/mol. The molecule has 220 valence electrons. The van der Waals surface area contributed by atoms with Gasteiger partial charge in [0.05, 0.1) is 11.3 Å². The van der Waals surface area contributed by atoms with Gasteiger partial charge in [-0.15, -0.1) is 0 Å². The SMILES string of the molecule is CC(=O)OC(C)(C)CCC(=O)[C@](C)(O)[C@H]1C(=O)C[C@@]2(C)[C@@H]3CC=C4[C@@H](C=C(O)C(=O)C4(C)C)[C@]3(C)C(=O)C[C@]12C. The Bertz CT molecular complexity index is 1270. The van der Waals surface area contributed by atoms with E-state index < -0.39 is 56.5 Å². The average molecular weight is 557 g/mol. The molecule has 0 unspecified atom stereocenters. The molecular formula is C32H44O8. The second-order valence-electron chi connectivity index (χ2n) is 14.6. The van der Waals surface area contributed by atoms with Gasteiger partial charge in [-0.25, -0.2) is 0 Å². The molecule has 0 heterocycles. The summed E-state index contributed by atoms with van der Waals surface area (Å²) in [6, 6.07) is 0. The number of fused-ring (bicyclic) bond motifs is 5. The minimum absolute atomic E-state index is 0.0119. The van der Waals surface area contributed by atoms with Gasteiger partial charge < -0.3 is 14.9 Å². The largest absolute Gasteiger partial charge is 0.505 e. The van der Waals surface area contributed by atoms with E-state index >= 15 is 0 Å². The molecule has 2 saturated carbocycles. The summed E-state index contributed by atoms with van der Waals surface area (Å²) >= 11 is 0. The number of esters is 1. The van der Waals surface area contributed by atoms with E-state index in [1.807, 2.05) is 26.8 Å². The van der Waals surface area contributed by atoms with Crippen LogP contribution in [0.5, 0.6) is 0 Å². The zero-order valence-corrected chi connectivity index (χ0v) is 25.3. The number of carbonyl (C=O) groups is 5. The van der Waals surface area contributed by atoms with Crippen LogP contribution in [0.25, 0.3) is 0 Å². The van der Waals surface area contributed by atoms with Crippen LogP contribution in [0.1, 0.15) is 94.4 Å². The molecular weight excluding hydrogens is 512 g/mol. The van der Waals surface area contributed by atoms with Crippen molar-refractivity contribution in [2.45, 2.75) is 106 Å². The highest BCUT2D eigenvalue weighted by atomic mass is 16.6. The molecule has 0 radical (unpaired) electrons. The van der Waals surface area contributed by atoms with Gasteiger partial charge >= 0.3 is 5.97 Å². The van der Waals surface area contributed by atoms with Gasteiger partial charge in [0.2, 0.25) is 5.78 Å². The molecule has 0 amide bonds. The normalized spacial score (nSPS) is 38.4. The summed E-state index contributed by atoms with van der Waals surface area (Å²) < 4.78 is 5.29. The van der Waals surface area contributed by atoms with Crippen molar-refractivity contribution in [3.8, 4) is 0 Å². The third kappa shape index (κ3) is 3.99. The number of hydrogen-bond acceptors (Lipinski definition) is 8. The van der Waals surface area contributed by atoms with Crippen LogP contribution in [-0.4, -0.2) is 50.5 Å². The van der Waals surface area contributed by atoms with Crippen molar-refractivity contribution in [3.63, 3.8) is 0 Å². The molecule has 0 aliphatic heterocycles. The Morgan fingerprint density at radius 3 is 2.20 bits per heavy atom. The van der Waals surface area contributed by atoms with Gasteiger partial charge in [-0.3, -0.25) is 24.0 Å². The molecule has 4 rings (SSSR count). The summed E-state index contributed by atoms with van der Waals surface area (Å²) in [6.07, 6.45) is 4.16. The Morgan fingerprint density at radius 2 is 1.62 bits per heavy atom. The lowest BCUT2D eigenvalue weighted by Crippen LogP contribution is -2.64. The fourth-order valence-corrected chi connectivity index (χ4v) is 8.94. The first-order valence-corrected chi connectivity index (χ1v) is 14.2. The summed E-state index contributed by atoms with van der Waals surface area (Å²) in [5, 5.41) is 22.3. The Hall–Kier alpha value is -2.61. The minimum Gasteiger partial charge on any atom is -0.505 e. The summed E-state index contributed by atoms with van der Waals surface area (Å²) in [7, 11) is 0. The lowest BCUT2D eigenvalue weighted by Gasteiger charge is -2.63. The number of aliphatic hydroxyl groups excluding tert-OH is 1. The Kier molecular flexibility index (Phi) is 6.79. The summed E-state index contributed by atoms with van der Waals surface area (Å²) in [5.41, 5.74) is -5.77. The second kappa shape index (κ2) is 8.94. The summed E-state index contributed by atoms with van der Waals surface area (Å²) in [6.45, 7) is 15.3. The van der Waals surface area contributed by atoms with Gasteiger partial charge in [0.25, 0.3) is 0 Å². The average Bonchev–Trinajstić information content (AvgIpc) is 3.01. The van der Waals surface area contributed by atoms with E-state index in [4.69, 9.17) is 4.74 Å². The maximum absolute atomic E-state index is 14.3. The summed E-state index contributed by atoms with van der Waals surface area (Å²) in [4.78, 5) is 65.8. The first-order chi connectivity index (χ1) is 18.1. The Morgan fingerprint density at radius 1 is 1.02 bits per heavy atom. The minimum atomic E-state index is -2.02. The van der Waals surface area contributed by atoms with Crippen molar-refractivity contribution in [1.82, 2.24) is 0 Å². The monoisotopic (exact) mass is 556 g/mol. The van der Waals surface area contributed by atoms with E-state index in [9.17, 15) is 34.2 Å². The lowest BCUT2D eigenvalue weighted by molar-refractivity contribution is -0.179. The molecule has 8 nitrogen and oxygen atoms in total. The van der Waals surface area contributed by atoms with E-state index in [-0.39, 0.29) is 54.7 Å². The van der Waals surface area contributed by atoms with Crippen molar-refractivity contribution >= 4 is 29.1 Å². The van der Waals surface area contributed by atoms with Gasteiger partial charge in [-0.1, -0.05) is 32.4 Å². The third-order valence-corrected chi connectivity index (χ3v) is 11.3. The van der Waals surface area contributed by atoms with E-state index in [0.717, 1.165) is 5.57 Å². The number of allylic oxidation sites excluding steroid dienone is 4. The fraction of sp³-hybridized carbons (Fsp3) is 0.719. The zero-order valence-electron chi connectivity index (χ0n) is 25.3.